The average Bonchev–Trinajstić information content (AvgIpc) is 2.89. The summed E-state index contributed by atoms with van der Waals surface area (Å²) in [6, 6.07) is 1.98. The number of aryl methyl sites for hydroxylation is 1. The van der Waals surface area contributed by atoms with Crippen molar-refractivity contribution in [2.45, 2.75) is 37.9 Å². The van der Waals surface area contributed by atoms with Crippen molar-refractivity contribution in [2.75, 3.05) is 30.0 Å². The Bertz CT molecular complexity index is 377. The van der Waals surface area contributed by atoms with Crippen LogP contribution in [-0.4, -0.2) is 34.6 Å². The van der Waals surface area contributed by atoms with Crippen LogP contribution in [0.15, 0.2) is 6.07 Å². The number of thioether (sulfide) groups is 1. The summed E-state index contributed by atoms with van der Waals surface area (Å²) in [5.74, 6) is 4.07. The maximum Gasteiger partial charge on any atom is 0.133 e. The van der Waals surface area contributed by atoms with Gasteiger partial charge in [-0.1, -0.05) is 6.92 Å². The van der Waals surface area contributed by atoms with E-state index in [1.54, 1.807) is 0 Å². The summed E-state index contributed by atoms with van der Waals surface area (Å²) < 4.78 is 0. The largest absolute Gasteiger partial charge is 0.373 e. The Morgan fingerprint density at radius 3 is 2.89 bits per heavy atom. The summed E-state index contributed by atoms with van der Waals surface area (Å²) in [6.07, 6.45) is 4.68. The summed E-state index contributed by atoms with van der Waals surface area (Å²) in [4.78, 5) is 9.01. The van der Waals surface area contributed by atoms with Crippen molar-refractivity contribution in [2.24, 2.45) is 0 Å². The number of hydrogen-bond acceptors (Lipinski definition) is 5. The highest BCUT2D eigenvalue weighted by molar-refractivity contribution is 8.00. The highest BCUT2D eigenvalue weighted by atomic mass is 32.2. The first-order valence-electron chi connectivity index (χ1n) is 6.73. The predicted octanol–water partition coefficient (Wildman–Crippen LogP) is 2.78. The molecule has 2 heterocycles. The minimum absolute atomic E-state index is 0.743. The van der Waals surface area contributed by atoms with Gasteiger partial charge >= 0.3 is 0 Å². The molecule has 1 atom stereocenters. The lowest BCUT2D eigenvalue weighted by molar-refractivity contribution is 0.797. The second-order valence-electron chi connectivity index (χ2n) is 4.57. The predicted molar refractivity (Wildman–Crippen MR) is 79.5 cm³/mol. The van der Waals surface area contributed by atoms with Crippen molar-refractivity contribution >= 4 is 23.4 Å². The molecule has 0 bridgehead atoms. The zero-order valence-corrected chi connectivity index (χ0v) is 12.0. The lowest BCUT2D eigenvalue weighted by Crippen LogP contribution is -2.15. The molecule has 0 amide bonds. The highest BCUT2D eigenvalue weighted by Gasteiger charge is 2.15. The van der Waals surface area contributed by atoms with Gasteiger partial charge in [0.25, 0.3) is 0 Å². The average molecular weight is 266 g/mol. The standard InChI is InChI=1S/C13H22N4S/c1-3-5-11-16-12(14-2)8-13(17-11)15-9-10-6-4-7-18-10/h8,10H,3-7,9H2,1-2H3,(H2,14,15,16,17). The van der Waals surface area contributed by atoms with Crippen molar-refractivity contribution in [1.82, 2.24) is 9.97 Å². The summed E-state index contributed by atoms with van der Waals surface area (Å²) >= 11 is 2.06. The lowest BCUT2D eigenvalue weighted by Gasteiger charge is -2.12. The summed E-state index contributed by atoms with van der Waals surface area (Å²) in [7, 11) is 1.90. The van der Waals surface area contributed by atoms with Crippen LogP contribution in [-0.2, 0) is 6.42 Å². The number of hydrogen-bond donors (Lipinski definition) is 2. The van der Waals surface area contributed by atoms with Gasteiger partial charge in [-0.2, -0.15) is 11.8 Å². The Morgan fingerprint density at radius 1 is 1.39 bits per heavy atom. The van der Waals surface area contributed by atoms with Crippen LogP contribution >= 0.6 is 11.8 Å². The molecule has 1 aliphatic rings. The fourth-order valence-electron chi connectivity index (χ4n) is 2.07. The molecule has 0 aliphatic carbocycles. The van der Waals surface area contributed by atoms with Gasteiger partial charge in [-0.25, -0.2) is 9.97 Å². The molecule has 100 valence electrons. The quantitative estimate of drug-likeness (QED) is 0.829. The molecule has 5 heteroatoms. The number of nitrogens with zero attached hydrogens (tertiary/aromatic N) is 2. The van der Waals surface area contributed by atoms with Crippen molar-refractivity contribution in [3.63, 3.8) is 0 Å². The minimum Gasteiger partial charge on any atom is -0.373 e. The van der Waals surface area contributed by atoms with Crippen LogP contribution in [0.2, 0.25) is 0 Å². The first-order chi connectivity index (χ1) is 8.81. The highest BCUT2D eigenvalue weighted by Crippen LogP contribution is 2.26. The van der Waals surface area contributed by atoms with Gasteiger partial charge in [-0.15, -0.1) is 0 Å². The summed E-state index contributed by atoms with van der Waals surface area (Å²) in [6.45, 7) is 3.16. The molecule has 1 aliphatic heterocycles. The van der Waals surface area contributed by atoms with Crippen LogP contribution in [0, 0.1) is 0 Å². The van der Waals surface area contributed by atoms with Crippen LogP contribution < -0.4 is 10.6 Å². The minimum atomic E-state index is 0.743. The van der Waals surface area contributed by atoms with Gasteiger partial charge in [0, 0.05) is 31.3 Å². The van der Waals surface area contributed by atoms with Gasteiger partial charge in [0.15, 0.2) is 0 Å². The van der Waals surface area contributed by atoms with Crippen LogP contribution in [0.5, 0.6) is 0 Å². The fourth-order valence-corrected chi connectivity index (χ4v) is 3.28. The van der Waals surface area contributed by atoms with E-state index in [1.165, 1.54) is 18.6 Å². The zero-order chi connectivity index (χ0) is 12.8. The van der Waals surface area contributed by atoms with Gasteiger partial charge in [0.2, 0.25) is 0 Å². The molecule has 1 saturated heterocycles. The topological polar surface area (TPSA) is 49.8 Å². The van der Waals surface area contributed by atoms with E-state index < -0.39 is 0 Å². The van der Waals surface area contributed by atoms with Crippen LogP contribution in [0.3, 0.4) is 0 Å². The van der Waals surface area contributed by atoms with E-state index in [0.29, 0.717) is 0 Å². The molecule has 2 rings (SSSR count). The molecular weight excluding hydrogens is 244 g/mol. The van der Waals surface area contributed by atoms with E-state index in [-0.39, 0.29) is 0 Å². The second kappa shape index (κ2) is 6.83. The Hall–Kier alpha value is -0.970. The molecule has 0 spiro atoms. The van der Waals surface area contributed by atoms with E-state index in [1.807, 2.05) is 13.1 Å². The molecular formula is C13H22N4S. The van der Waals surface area contributed by atoms with Crippen molar-refractivity contribution in [1.29, 1.82) is 0 Å². The molecule has 0 aromatic carbocycles. The molecule has 1 aromatic rings. The summed E-state index contributed by atoms with van der Waals surface area (Å²) in [5, 5.41) is 7.29. The van der Waals surface area contributed by atoms with Crippen LogP contribution in [0.1, 0.15) is 32.0 Å². The normalized spacial score (nSPS) is 18.9. The third-order valence-corrected chi connectivity index (χ3v) is 4.44. The Balaban J connectivity index is 1.98. The zero-order valence-electron chi connectivity index (χ0n) is 11.2. The Kier molecular flexibility index (Phi) is 5.11. The number of nitrogens with one attached hydrogen (secondary N) is 2. The van der Waals surface area contributed by atoms with Gasteiger partial charge in [0.05, 0.1) is 0 Å². The SMILES string of the molecule is CCCc1nc(NC)cc(NCC2CCCS2)n1. The van der Waals surface area contributed by atoms with Crippen LogP contribution in [0.4, 0.5) is 11.6 Å². The second-order valence-corrected chi connectivity index (χ2v) is 5.98. The van der Waals surface area contributed by atoms with Crippen molar-refractivity contribution in [3.05, 3.63) is 11.9 Å². The van der Waals surface area contributed by atoms with E-state index in [2.05, 4.69) is 39.3 Å². The number of rotatable bonds is 6. The molecule has 0 radical (unpaired) electrons. The van der Waals surface area contributed by atoms with Crippen molar-refractivity contribution in [3.8, 4) is 0 Å². The molecule has 4 nitrogen and oxygen atoms in total. The molecule has 1 fully saturated rings. The Labute approximate surface area is 113 Å². The third-order valence-electron chi connectivity index (χ3n) is 3.04. The van der Waals surface area contributed by atoms with E-state index in [9.17, 15) is 0 Å². The molecule has 18 heavy (non-hydrogen) atoms. The van der Waals surface area contributed by atoms with Crippen LogP contribution in [0.25, 0.3) is 0 Å². The van der Waals surface area contributed by atoms with Gasteiger partial charge in [-0.05, 0) is 25.0 Å². The van der Waals surface area contributed by atoms with Crippen molar-refractivity contribution < 1.29 is 0 Å². The molecule has 1 aromatic heterocycles. The number of aromatic nitrogens is 2. The van der Waals surface area contributed by atoms with E-state index in [0.717, 1.165) is 42.1 Å². The van der Waals surface area contributed by atoms with Gasteiger partial charge in [-0.3, -0.25) is 0 Å². The molecule has 1 unspecified atom stereocenters. The summed E-state index contributed by atoms with van der Waals surface area (Å²) in [5.41, 5.74) is 0. The van der Waals surface area contributed by atoms with E-state index in [4.69, 9.17) is 0 Å². The maximum absolute atomic E-state index is 4.56. The fraction of sp³-hybridized carbons (Fsp3) is 0.692. The first kappa shape index (κ1) is 13.5. The molecule has 2 N–H and O–H groups in total. The monoisotopic (exact) mass is 266 g/mol. The van der Waals surface area contributed by atoms with Gasteiger partial charge < -0.3 is 10.6 Å². The smallest absolute Gasteiger partial charge is 0.133 e. The van der Waals surface area contributed by atoms with E-state index >= 15 is 0 Å². The first-order valence-corrected chi connectivity index (χ1v) is 7.78. The third kappa shape index (κ3) is 3.77. The maximum atomic E-state index is 4.56. The van der Waals surface area contributed by atoms with Gasteiger partial charge in [0.1, 0.15) is 17.5 Å². The lowest BCUT2D eigenvalue weighted by atomic mass is 10.2. The number of anilines is 2. The molecule has 0 saturated carbocycles. The Morgan fingerprint density at radius 2 is 2.22 bits per heavy atom.